The van der Waals surface area contributed by atoms with Crippen LogP contribution < -0.4 is 10.3 Å². The van der Waals surface area contributed by atoms with Crippen molar-refractivity contribution >= 4 is 46.2 Å². The second-order valence-electron chi connectivity index (χ2n) is 9.00. The summed E-state index contributed by atoms with van der Waals surface area (Å²) in [5.41, 5.74) is 8.10. The van der Waals surface area contributed by atoms with Gasteiger partial charge in [-0.2, -0.15) is 0 Å². The monoisotopic (exact) mass is 587 g/mol. The van der Waals surface area contributed by atoms with E-state index in [2.05, 4.69) is 15.0 Å². The number of benzene rings is 2. The van der Waals surface area contributed by atoms with Crippen LogP contribution in [0.25, 0.3) is 11.2 Å². The summed E-state index contributed by atoms with van der Waals surface area (Å²) in [5, 5.41) is 0. The molecule has 4 atom stereocenters. The van der Waals surface area contributed by atoms with Crippen molar-refractivity contribution in [1.82, 2.24) is 19.5 Å². The molecule has 0 saturated carbocycles. The molecule has 3 unspecified atom stereocenters. The number of nitrogens with zero attached hydrogens (tertiary/aromatic N) is 4. The number of rotatable bonds is 12. The Kier molecular flexibility index (Phi) is 9.44. The molecular weight excluding hydrogens is 557 g/mol. The van der Waals surface area contributed by atoms with E-state index in [0.717, 1.165) is 5.56 Å². The molecule has 39 heavy (non-hydrogen) atoms. The number of aromatic nitrogens is 4. The molecule has 1 aliphatic rings. The molecule has 5 rings (SSSR count). The van der Waals surface area contributed by atoms with Crippen molar-refractivity contribution in [3.05, 3.63) is 78.9 Å². The number of nitrogens with two attached hydrogens (primary N) is 1. The predicted octanol–water partition coefficient (Wildman–Crippen LogP) is 5.41. The summed E-state index contributed by atoms with van der Waals surface area (Å²) in [4.78, 5) is 12.5. The molecule has 0 aliphatic carbocycles. The molecule has 1 aliphatic heterocycles. The first-order chi connectivity index (χ1) is 19.0. The van der Waals surface area contributed by atoms with Crippen LogP contribution in [0.1, 0.15) is 12.5 Å². The summed E-state index contributed by atoms with van der Waals surface area (Å²) < 4.78 is 40.4. The molecule has 13 heteroatoms. The molecule has 2 N–H and O–H groups in total. The van der Waals surface area contributed by atoms with E-state index in [0.29, 0.717) is 47.4 Å². The molecular formula is C26H30N5O5PS2. The highest BCUT2D eigenvalue weighted by atomic mass is 33.1. The standard InChI is InChI=1S/C26H30N5O5PS2/c1-19(12-31-17-30-24-25(27)28-16-29-26(24)31)34-18-37(32,35-21-10-6-3-7-11-21)36-23-15-39-38-14-22(23)33-13-20-8-4-2-5-9-20/h2-11,16-17,19,22-23H,12-15,18H2,1H3,(H2,27,28,29)/t19-,22?,23?,37?/m1/s1. The Bertz CT molecular complexity index is 1400. The topological polar surface area (TPSA) is 124 Å². The van der Waals surface area contributed by atoms with Crippen LogP contribution in [0, 0.1) is 0 Å². The minimum Gasteiger partial charge on any atom is -0.423 e. The maximum Gasteiger partial charge on any atom is 0.405 e. The number of hydrogen-bond donors (Lipinski definition) is 1. The van der Waals surface area contributed by atoms with Gasteiger partial charge in [0.2, 0.25) is 0 Å². The summed E-state index contributed by atoms with van der Waals surface area (Å²) in [6, 6.07) is 19.0. The van der Waals surface area contributed by atoms with Crippen molar-refractivity contribution in [2.75, 3.05) is 23.6 Å². The highest BCUT2D eigenvalue weighted by Gasteiger charge is 2.38. The van der Waals surface area contributed by atoms with Gasteiger partial charge >= 0.3 is 7.60 Å². The lowest BCUT2D eigenvalue weighted by molar-refractivity contribution is -0.0192. The largest absolute Gasteiger partial charge is 0.423 e. The molecule has 10 nitrogen and oxygen atoms in total. The Morgan fingerprint density at radius 2 is 1.74 bits per heavy atom. The zero-order valence-electron chi connectivity index (χ0n) is 21.4. The Hall–Kier alpha value is -2.60. The SMILES string of the molecule is C[C@H](Cn1cnc2c(N)ncnc21)OCP(=O)(Oc1ccccc1)OC1CSSCC1OCc1ccccc1. The normalized spacial score (nSPS) is 19.9. The second kappa shape index (κ2) is 13.2. The van der Waals surface area contributed by atoms with E-state index in [-0.39, 0.29) is 18.6 Å². The molecule has 206 valence electrons. The van der Waals surface area contributed by atoms with Gasteiger partial charge in [-0.05, 0) is 24.6 Å². The van der Waals surface area contributed by atoms with Crippen molar-refractivity contribution in [2.45, 2.75) is 38.4 Å². The van der Waals surface area contributed by atoms with Crippen molar-refractivity contribution in [2.24, 2.45) is 0 Å². The van der Waals surface area contributed by atoms with Crippen LogP contribution >= 0.6 is 29.2 Å². The van der Waals surface area contributed by atoms with E-state index in [4.69, 9.17) is 24.3 Å². The van der Waals surface area contributed by atoms with Gasteiger partial charge in [-0.25, -0.2) is 19.5 Å². The number of para-hydroxylation sites is 1. The van der Waals surface area contributed by atoms with Gasteiger partial charge in [0.1, 0.15) is 23.7 Å². The van der Waals surface area contributed by atoms with E-state index in [1.165, 1.54) is 6.33 Å². The van der Waals surface area contributed by atoms with Gasteiger partial charge in [0.25, 0.3) is 0 Å². The van der Waals surface area contributed by atoms with E-state index < -0.39 is 13.7 Å². The Morgan fingerprint density at radius 3 is 2.51 bits per heavy atom. The number of fused-ring (bicyclic) bond motifs is 1. The first kappa shape index (κ1) is 27.9. The molecule has 2 aromatic carbocycles. The van der Waals surface area contributed by atoms with E-state index in [1.807, 2.05) is 60.0 Å². The minimum atomic E-state index is -3.74. The summed E-state index contributed by atoms with van der Waals surface area (Å²) in [7, 11) is -0.355. The van der Waals surface area contributed by atoms with Crippen molar-refractivity contribution in [3.8, 4) is 5.75 Å². The smallest absolute Gasteiger partial charge is 0.405 e. The first-order valence-corrected chi connectivity index (χ1v) is 16.7. The van der Waals surface area contributed by atoms with Crippen molar-refractivity contribution in [3.63, 3.8) is 0 Å². The van der Waals surface area contributed by atoms with Crippen LogP contribution in [-0.4, -0.2) is 55.7 Å². The fourth-order valence-electron chi connectivity index (χ4n) is 3.98. The third-order valence-electron chi connectivity index (χ3n) is 5.95. The van der Waals surface area contributed by atoms with E-state index >= 15 is 0 Å². The molecule has 0 amide bonds. The van der Waals surface area contributed by atoms with Crippen LogP contribution in [0.2, 0.25) is 0 Å². The zero-order valence-corrected chi connectivity index (χ0v) is 23.9. The molecule has 3 heterocycles. The highest BCUT2D eigenvalue weighted by Crippen LogP contribution is 2.52. The minimum absolute atomic E-state index is 0.230. The fourth-order valence-corrected chi connectivity index (χ4v) is 8.18. The first-order valence-electron chi connectivity index (χ1n) is 12.4. The summed E-state index contributed by atoms with van der Waals surface area (Å²) in [6.45, 7) is 2.74. The molecule has 1 saturated heterocycles. The Balaban J connectivity index is 1.27. The van der Waals surface area contributed by atoms with Gasteiger partial charge in [0, 0.05) is 11.5 Å². The van der Waals surface area contributed by atoms with Crippen molar-refractivity contribution < 1.29 is 23.1 Å². The Labute approximate surface area is 234 Å². The third kappa shape index (κ3) is 7.53. The maximum absolute atomic E-state index is 14.1. The number of anilines is 1. The summed E-state index contributed by atoms with van der Waals surface area (Å²) in [5.74, 6) is 2.09. The maximum atomic E-state index is 14.1. The number of ether oxygens (including phenoxy) is 2. The quantitative estimate of drug-likeness (QED) is 0.169. The lowest BCUT2D eigenvalue weighted by Crippen LogP contribution is -2.38. The number of imidazole rings is 1. The van der Waals surface area contributed by atoms with Crippen LogP contribution in [-0.2, 0) is 31.7 Å². The molecule has 0 bridgehead atoms. The summed E-state index contributed by atoms with van der Waals surface area (Å²) >= 11 is 0. The van der Waals surface area contributed by atoms with E-state index in [1.54, 1.807) is 40.0 Å². The number of hydrogen-bond acceptors (Lipinski definition) is 11. The van der Waals surface area contributed by atoms with Crippen LogP contribution in [0.15, 0.2) is 73.3 Å². The molecule has 0 radical (unpaired) electrons. The molecule has 2 aromatic heterocycles. The second-order valence-corrected chi connectivity index (χ2v) is 13.4. The Morgan fingerprint density at radius 1 is 1.03 bits per heavy atom. The van der Waals surface area contributed by atoms with Gasteiger partial charge in [-0.15, -0.1) is 0 Å². The van der Waals surface area contributed by atoms with Gasteiger partial charge in [0.05, 0.1) is 31.7 Å². The molecule has 4 aromatic rings. The fraction of sp³-hybridized carbons (Fsp3) is 0.346. The third-order valence-corrected chi connectivity index (χ3v) is 9.91. The van der Waals surface area contributed by atoms with Gasteiger partial charge in [-0.3, -0.25) is 4.52 Å². The predicted molar refractivity (Wildman–Crippen MR) is 155 cm³/mol. The molecule has 0 spiro atoms. The van der Waals surface area contributed by atoms with Gasteiger partial charge in [0.15, 0.2) is 17.8 Å². The lowest BCUT2D eigenvalue weighted by atomic mass is 10.2. The average Bonchev–Trinajstić information content (AvgIpc) is 3.36. The van der Waals surface area contributed by atoms with Crippen LogP contribution in [0.3, 0.4) is 0 Å². The van der Waals surface area contributed by atoms with Crippen LogP contribution in [0.4, 0.5) is 5.82 Å². The van der Waals surface area contributed by atoms with Gasteiger partial charge < -0.3 is 24.3 Å². The van der Waals surface area contributed by atoms with Gasteiger partial charge in [-0.1, -0.05) is 70.1 Å². The van der Waals surface area contributed by atoms with E-state index in [9.17, 15) is 4.57 Å². The lowest BCUT2D eigenvalue weighted by Gasteiger charge is -2.33. The summed E-state index contributed by atoms with van der Waals surface area (Å²) in [6.07, 6.45) is 1.78. The van der Waals surface area contributed by atoms with Crippen molar-refractivity contribution in [1.29, 1.82) is 0 Å². The number of nitrogen functional groups attached to an aromatic ring is 1. The molecule has 1 fully saturated rings. The average molecular weight is 588 g/mol. The highest BCUT2D eigenvalue weighted by molar-refractivity contribution is 8.76. The van der Waals surface area contributed by atoms with Crippen LogP contribution in [0.5, 0.6) is 5.75 Å². The zero-order chi connectivity index (χ0) is 27.1.